The highest BCUT2D eigenvalue weighted by Crippen LogP contribution is 2.29. The van der Waals surface area contributed by atoms with Crippen molar-refractivity contribution in [3.63, 3.8) is 0 Å². The molecule has 0 atom stereocenters. The molecular weight excluding hydrogens is 326 g/mol. The molecule has 0 radical (unpaired) electrons. The SMILES string of the molecule is Cc1cccc(C(C)(C)C)c1COc1ccc(-n2cnc(CO)n2)cc1. The zero-order valence-electron chi connectivity index (χ0n) is 15.7. The lowest BCUT2D eigenvalue weighted by atomic mass is 9.82. The summed E-state index contributed by atoms with van der Waals surface area (Å²) < 4.78 is 7.67. The van der Waals surface area contributed by atoms with Crippen molar-refractivity contribution in [2.24, 2.45) is 0 Å². The summed E-state index contributed by atoms with van der Waals surface area (Å²) >= 11 is 0. The van der Waals surface area contributed by atoms with E-state index in [4.69, 9.17) is 9.84 Å². The Morgan fingerprint density at radius 1 is 1.08 bits per heavy atom. The number of hydrogen-bond acceptors (Lipinski definition) is 4. The van der Waals surface area contributed by atoms with Crippen LogP contribution in [0, 0.1) is 6.92 Å². The lowest BCUT2D eigenvalue weighted by Gasteiger charge is -2.24. The van der Waals surface area contributed by atoms with E-state index in [-0.39, 0.29) is 12.0 Å². The number of nitrogens with zero attached hydrogens (tertiary/aromatic N) is 3. The molecule has 0 fully saturated rings. The van der Waals surface area contributed by atoms with Crippen molar-refractivity contribution < 1.29 is 9.84 Å². The van der Waals surface area contributed by atoms with E-state index in [1.165, 1.54) is 16.7 Å². The number of aliphatic hydroxyl groups is 1. The molecule has 1 N–H and O–H groups in total. The molecule has 0 spiro atoms. The Kier molecular flexibility index (Phi) is 5.09. The van der Waals surface area contributed by atoms with Crippen molar-refractivity contribution >= 4 is 0 Å². The van der Waals surface area contributed by atoms with Gasteiger partial charge in [-0.1, -0.05) is 39.0 Å². The Balaban J connectivity index is 1.75. The van der Waals surface area contributed by atoms with Gasteiger partial charge in [-0.15, -0.1) is 5.10 Å². The quantitative estimate of drug-likeness (QED) is 0.756. The number of rotatable bonds is 5. The maximum atomic E-state index is 9.06. The molecule has 2 aromatic carbocycles. The predicted octanol–water partition coefficient (Wildman–Crippen LogP) is 3.94. The van der Waals surface area contributed by atoms with Crippen LogP contribution < -0.4 is 4.74 Å². The molecule has 136 valence electrons. The molecular formula is C21H25N3O2. The molecule has 0 saturated carbocycles. The highest BCUT2D eigenvalue weighted by molar-refractivity contribution is 5.40. The minimum atomic E-state index is -0.166. The fourth-order valence-corrected chi connectivity index (χ4v) is 2.94. The Morgan fingerprint density at radius 3 is 2.42 bits per heavy atom. The van der Waals surface area contributed by atoms with Gasteiger partial charge in [-0.2, -0.15) is 0 Å². The zero-order valence-corrected chi connectivity index (χ0v) is 15.7. The maximum Gasteiger partial charge on any atom is 0.176 e. The van der Waals surface area contributed by atoms with Gasteiger partial charge in [0.25, 0.3) is 0 Å². The van der Waals surface area contributed by atoms with Gasteiger partial charge in [-0.3, -0.25) is 0 Å². The molecule has 0 aliphatic carbocycles. The molecule has 5 nitrogen and oxygen atoms in total. The number of aromatic nitrogens is 3. The topological polar surface area (TPSA) is 60.2 Å². The standard InChI is InChI=1S/C21H25N3O2/c1-15-6-5-7-19(21(2,3)4)18(15)13-26-17-10-8-16(9-11-17)24-14-22-20(12-25)23-24/h5-11,14,25H,12-13H2,1-4H3. The number of ether oxygens (including phenoxy) is 1. The molecule has 1 heterocycles. The molecule has 5 heteroatoms. The van der Waals surface area contributed by atoms with Crippen molar-refractivity contribution in [3.8, 4) is 11.4 Å². The van der Waals surface area contributed by atoms with E-state index in [0.29, 0.717) is 12.4 Å². The summed E-state index contributed by atoms with van der Waals surface area (Å²) in [4.78, 5) is 4.02. The average Bonchev–Trinajstić information content (AvgIpc) is 3.09. The second kappa shape index (κ2) is 7.30. The number of aryl methyl sites for hydroxylation is 1. The highest BCUT2D eigenvalue weighted by Gasteiger charge is 2.19. The van der Waals surface area contributed by atoms with Gasteiger partial charge in [0.1, 0.15) is 25.3 Å². The molecule has 0 aliphatic heterocycles. The Morgan fingerprint density at radius 2 is 1.81 bits per heavy atom. The minimum Gasteiger partial charge on any atom is -0.489 e. The van der Waals surface area contributed by atoms with Crippen molar-refractivity contribution in [1.29, 1.82) is 0 Å². The first-order valence-corrected chi connectivity index (χ1v) is 8.72. The lowest BCUT2D eigenvalue weighted by molar-refractivity contribution is 0.271. The summed E-state index contributed by atoms with van der Waals surface area (Å²) in [6.07, 6.45) is 1.59. The number of benzene rings is 2. The van der Waals surface area contributed by atoms with E-state index >= 15 is 0 Å². The molecule has 0 amide bonds. The summed E-state index contributed by atoms with van der Waals surface area (Å²) in [5.74, 6) is 1.21. The highest BCUT2D eigenvalue weighted by atomic mass is 16.5. The normalized spacial score (nSPS) is 11.6. The smallest absolute Gasteiger partial charge is 0.176 e. The molecule has 0 unspecified atom stereocenters. The fraction of sp³-hybridized carbons (Fsp3) is 0.333. The van der Waals surface area contributed by atoms with E-state index in [2.05, 4.69) is 56.0 Å². The van der Waals surface area contributed by atoms with Crippen LogP contribution in [-0.2, 0) is 18.6 Å². The second-order valence-corrected chi connectivity index (χ2v) is 7.40. The third-order valence-corrected chi connectivity index (χ3v) is 4.38. The van der Waals surface area contributed by atoms with Gasteiger partial charge >= 0.3 is 0 Å². The van der Waals surface area contributed by atoms with Crippen LogP contribution in [0.2, 0.25) is 0 Å². The van der Waals surface area contributed by atoms with Gasteiger partial charge in [0, 0.05) is 0 Å². The van der Waals surface area contributed by atoms with Crippen molar-refractivity contribution in [1.82, 2.24) is 14.8 Å². The third-order valence-electron chi connectivity index (χ3n) is 4.38. The minimum absolute atomic E-state index is 0.0755. The van der Waals surface area contributed by atoms with Crippen LogP contribution >= 0.6 is 0 Å². The van der Waals surface area contributed by atoms with Crippen LogP contribution in [0.5, 0.6) is 5.75 Å². The molecule has 0 aliphatic rings. The Hall–Kier alpha value is -2.66. The van der Waals surface area contributed by atoms with E-state index in [9.17, 15) is 0 Å². The van der Waals surface area contributed by atoms with Crippen molar-refractivity contribution in [2.75, 3.05) is 0 Å². The van der Waals surface area contributed by atoms with Gasteiger partial charge < -0.3 is 9.84 Å². The average molecular weight is 351 g/mol. The molecule has 0 bridgehead atoms. The largest absolute Gasteiger partial charge is 0.489 e. The van der Waals surface area contributed by atoms with Crippen molar-refractivity contribution in [3.05, 3.63) is 71.3 Å². The number of aliphatic hydroxyl groups excluding tert-OH is 1. The molecule has 26 heavy (non-hydrogen) atoms. The monoisotopic (exact) mass is 351 g/mol. The number of hydrogen-bond donors (Lipinski definition) is 1. The lowest BCUT2D eigenvalue weighted by Crippen LogP contribution is -2.16. The molecule has 0 saturated heterocycles. The van der Waals surface area contributed by atoms with Crippen LogP contribution in [0.1, 0.15) is 43.3 Å². The van der Waals surface area contributed by atoms with Gasteiger partial charge in [0.05, 0.1) is 5.69 Å². The Labute approximate surface area is 154 Å². The first-order valence-electron chi connectivity index (χ1n) is 8.72. The van der Waals surface area contributed by atoms with E-state index < -0.39 is 0 Å². The first-order chi connectivity index (χ1) is 12.4. The molecule has 3 aromatic rings. The van der Waals surface area contributed by atoms with Gasteiger partial charge in [0.2, 0.25) is 0 Å². The van der Waals surface area contributed by atoms with E-state index in [0.717, 1.165) is 11.4 Å². The summed E-state index contributed by atoms with van der Waals surface area (Å²) in [6, 6.07) is 14.1. The molecule has 3 rings (SSSR count). The van der Waals surface area contributed by atoms with Gasteiger partial charge in [-0.25, -0.2) is 9.67 Å². The van der Waals surface area contributed by atoms with E-state index in [1.807, 2.05) is 24.3 Å². The van der Waals surface area contributed by atoms with Crippen LogP contribution in [0.15, 0.2) is 48.8 Å². The predicted molar refractivity (Wildman–Crippen MR) is 101 cm³/mol. The summed E-state index contributed by atoms with van der Waals surface area (Å²) in [5, 5.41) is 13.3. The molecule has 1 aromatic heterocycles. The first kappa shape index (κ1) is 18.1. The van der Waals surface area contributed by atoms with Crippen LogP contribution in [-0.4, -0.2) is 19.9 Å². The Bertz CT molecular complexity index is 877. The van der Waals surface area contributed by atoms with Crippen LogP contribution in [0.3, 0.4) is 0 Å². The summed E-state index contributed by atoms with van der Waals surface area (Å²) in [7, 11) is 0. The van der Waals surface area contributed by atoms with Crippen LogP contribution in [0.25, 0.3) is 5.69 Å². The zero-order chi connectivity index (χ0) is 18.7. The van der Waals surface area contributed by atoms with Gasteiger partial charge in [-0.05, 0) is 53.3 Å². The fourth-order valence-electron chi connectivity index (χ4n) is 2.94. The maximum absolute atomic E-state index is 9.06. The second-order valence-electron chi connectivity index (χ2n) is 7.40. The van der Waals surface area contributed by atoms with Gasteiger partial charge in [0.15, 0.2) is 5.82 Å². The summed E-state index contributed by atoms with van der Waals surface area (Å²) in [5.41, 5.74) is 4.75. The third kappa shape index (κ3) is 3.94. The summed E-state index contributed by atoms with van der Waals surface area (Å²) in [6.45, 7) is 9.16. The van der Waals surface area contributed by atoms with Crippen molar-refractivity contribution in [2.45, 2.75) is 46.3 Å². The van der Waals surface area contributed by atoms with Crippen LogP contribution in [0.4, 0.5) is 0 Å². The van der Waals surface area contributed by atoms with E-state index in [1.54, 1.807) is 11.0 Å².